The number of ether oxygens (including phenoxy) is 2. The molecule has 0 aliphatic carbocycles. The Morgan fingerprint density at radius 1 is 1.06 bits per heavy atom. The summed E-state index contributed by atoms with van der Waals surface area (Å²) in [5.74, 6) is 0.783. The summed E-state index contributed by atoms with van der Waals surface area (Å²) < 4.78 is 52.0. The van der Waals surface area contributed by atoms with E-state index in [4.69, 9.17) is 9.47 Å². The molecule has 9 nitrogen and oxygen atoms in total. The average Bonchev–Trinajstić information content (AvgIpc) is 2.81. The predicted molar refractivity (Wildman–Crippen MR) is 114 cm³/mol. The van der Waals surface area contributed by atoms with E-state index in [2.05, 4.69) is 14.9 Å². The molecule has 2 aliphatic rings. The Morgan fingerprint density at radius 3 is 2.48 bits per heavy atom. The topological polar surface area (TPSA) is 88.1 Å². The third kappa shape index (κ3) is 4.73. The fourth-order valence-electron chi connectivity index (χ4n) is 3.65. The molecule has 0 atom stereocenters. The third-order valence-electron chi connectivity index (χ3n) is 5.33. The lowest BCUT2D eigenvalue weighted by Crippen LogP contribution is -2.49. The van der Waals surface area contributed by atoms with Crippen LogP contribution in [-0.4, -0.2) is 81.8 Å². The second-order valence-corrected chi connectivity index (χ2v) is 9.17. The van der Waals surface area contributed by atoms with Crippen LogP contribution in [0, 0.1) is 5.82 Å². The van der Waals surface area contributed by atoms with E-state index in [1.807, 2.05) is 11.0 Å². The van der Waals surface area contributed by atoms with Gasteiger partial charge in [0.25, 0.3) is 0 Å². The van der Waals surface area contributed by atoms with E-state index in [0.717, 1.165) is 25.0 Å². The van der Waals surface area contributed by atoms with Crippen molar-refractivity contribution in [2.45, 2.75) is 11.8 Å². The molecule has 2 aliphatic heterocycles. The van der Waals surface area contributed by atoms with Gasteiger partial charge in [-0.1, -0.05) is 0 Å². The standard InChI is InChI=1S/C20H26FN5O4S/c1-2-30-18-4-3-16(15-17(18)21)31(27,28)26-9-7-24(8-10-26)19-5-6-22-20(23-19)25-11-13-29-14-12-25/h3-6,15H,2,7-14H2,1H3. The van der Waals surface area contributed by atoms with Gasteiger partial charge in [-0.2, -0.15) is 9.29 Å². The van der Waals surface area contributed by atoms with Gasteiger partial charge in [0.1, 0.15) is 5.82 Å². The third-order valence-corrected chi connectivity index (χ3v) is 7.22. The summed E-state index contributed by atoms with van der Waals surface area (Å²) >= 11 is 0. The number of piperazine rings is 1. The van der Waals surface area contributed by atoms with Crippen LogP contribution in [0.25, 0.3) is 0 Å². The number of halogens is 1. The van der Waals surface area contributed by atoms with Crippen LogP contribution in [0.15, 0.2) is 35.4 Å². The molecule has 2 saturated heterocycles. The van der Waals surface area contributed by atoms with Crippen molar-refractivity contribution in [3.05, 3.63) is 36.3 Å². The van der Waals surface area contributed by atoms with Crippen LogP contribution >= 0.6 is 0 Å². The van der Waals surface area contributed by atoms with E-state index >= 15 is 0 Å². The number of anilines is 2. The Labute approximate surface area is 181 Å². The van der Waals surface area contributed by atoms with E-state index in [1.54, 1.807) is 13.1 Å². The highest BCUT2D eigenvalue weighted by atomic mass is 32.2. The summed E-state index contributed by atoms with van der Waals surface area (Å²) in [6.07, 6.45) is 1.72. The summed E-state index contributed by atoms with van der Waals surface area (Å²) in [4.78, 5) is 13.1. The zero-order valence-corrected chi connectivity index (χ0v) is 18.2. The number of aromatic nitrogens is 2. The largest absolute Gasteiger partial charge is 0.491 e. The molecule has 0 N–H and O–H groups in total. The summed E-state index contributed by atoms with van der Waals surface area (Å²) in [6.45, 7) is 6.37. The van der Waals surface area contributed by atoms with E-state index < -0.39 is 15.8 Å². The second kappa shape index (κ2) is 9.33. The van der Waals surface area contributed by atoms with Crippen LogP contribution in [0.1, 0.15) is 6.92 Å². The zero-order valence-electron chi connectivity index (χ0n) is 17.4. The molecule has 0 amide bonds. The fourth-order valence-corrected chi connectivity index (χ4v) is 5.09. The minimum Gasteiger partial charge on any atom is -0.491 e. The van der Waals surface area contributed by atoms with Crippen LogP contribution in [0.5, 0.6) is 5.75 Å². The van der Waals surface area contributed by atoms with Gasteiger partial charge in [0.2, 0.25) is 16.0 Å². The highest BCUT2D eigenvalue weighted by molar-refractivity contribution is 7.89. The molecule has 4 rings (SSSR count). The van der Waals surface area contributed by atoms with Gasteiger partial charge >= 0.3 is 0 Å². The maximum absolute atomic E-state index is 14.2. The first kappa shape index (κ1) is 21.7. The lowest BCUT2D eigenvalue weighted by atomic mass is 10.3. The smallest absolute Gasteiger partial charge is 0.243 e. The van der Waals surface area contributed by atoms with E-state index in [9.17, 15) is 12.8 Å². The van der Waals surface area contributed by atoms with Gasteiger partial charge in [0.05, 0.1) is 24.7 Å². The lowest BCUT2D eigenvalue weighted by molar-refractivity contribution is 0.122. The average molecular weight is 452 g/mol. The first-order valence-corrected chi connectivity index (χ1v) is 11.8. The molecule has 3 heterocycles. The second-order valence-electron chi connectivity index (χ2n) is 7.23. The molecular formula is C20H26FN5O4S. The van der Waals surface area contributed by atoms with E-state index in [0.29, 0.717) is 38.9 Å². The molecule has 0 spiro atoms. The molecule has 0 unspecified atom stereocenters. The zero-order chi connectivity index (χ0) is 21.8. The number of hydrogen-bond donors (Lipinski definition) is 0. The molecule has 0 bridgehead atoms. The van der Waals surface area contributed by atoms with Crippen LogP contribution < -0.4 is 14.5 Å². The highest BCUT2D eigenvalue weighted by Gasteiger charge is 2.30. The number of morpholine rings is 1. The van der Waals surface area contributed by atoms with Crippen molar-refractivity contribution in [2.24, 2.45) is 0 Å². The van der Waals surface area contributed by atoms with Gasteiger partial charge in [-0.05, 0) is 31.2 Å². The Balaban J connectivity index is 1.43. The molecule has 168 valence electrons. The van der Waals surface area contributed by atoms with Crippen molar-refractivity contribution in [3.63, 3.8) is 0 Å². The molecular weight excluding hydrogens is 425 g/mol. The summed E-state index contributed by atoms with van der Waals surface area (Å²) in [7, 11) is -3.79. The van der Waals surface area contributed by atoms with Gasteiger partial charge in [0, 0.05) is 45.5 Å². The van der Waals surface area contributed by atoms with Crippen LogP contribution in [0.4, 0.5) is 16.2 Å². The summed E-state index contributed by atoms with van der Waals surface area (Å²) in [5, 5.41) is 0. The minimum atomic E-state index is -3.79. The van der Waals surface area contributed by atoms with Crippen LogP contribution in [0.3, 0.4) is 0 Å². The monoisotopic (exact) mass is 451 g/mol. The molecule has 2 aromatic rings. The Bertz CT molecular complexity index is 1010. The van der Waals surface area contributed by atoms with Crippen LogP contribution in [-0.2, 0) is 14.8 Å². The molecule has 1 aromatic carbocycles. The first-order valence-electron chi connectivity index (χ1n) is 10.3. The number of nitrogens with zero attached hydrogens (tertiary/aromatic N) is 5. The molecule has 0 radical (unpaired) electrons. The van der Waals surface area contributed by atoms with Gasteiger partial charge in [-0.3, -0.25) is 0 Å². The maximum Gasteiger partial charge on any atom is 0.243 e. The normalized spacial score (nSPS) is 18.3. The van der Waals surface area contributed by atoms with Gasteiger partial charge < -0.3 is 19.3 Å². The number of benzene rings is 1. The van der Waals surface area contributed by atoms with Crippen molar-refractivity contribution in [1.29, 1.82) is 0 Å². The lowest BCUT2D eigenvalue weighted by Gasteiger charge is -2.35. The summed E-state index contributed by atoms with van der Waals surface area (Å²) in [6, 6.07) is 5.59. The van der Waals surface area contributed by atoms with Gasteiger partial charge in [-0.15, -0.1) is 0 Å². The molecule has 1 aromatic heterocycles. The van der Waals surface area contributed by atoms with Crippen LogP contribution in [0.2, 0.25) is 0 Å². The Kier molecular flexibility index (Phi) is 6.54. The van der Waals surface area contributed by atoms with E-state index in [-0.39, 0.29) is 23.7 Å². The predicted octanol–water partition coefficient (Wildman–Crippen LogP) is 1.36. The number of hydrogen-bond acceptors (Lipinski definition) is 8. The number of rotatable bonds is 6. The van der Waals surface area contributed by atoms with Crippen molar-refractivity contribution in [3.8, 4) is 5.75 Å². The van der Waals surface area contributed by atoms with Crippen molar-refractivity contribution in [2.75, 3.05) is 68.9 Å². The SMILES string of the molecule is CCOc1ccc(S(=O)(=O)N2CCN(c3ccnc(N4CCOCC4)n3)CC2)cc1F. The first-order chi connectivity index (χ1) is 15.0. The summed E-state index contributed by atoms with van der Waals surface area (Å²) in [5.41, 5.74) is 0. The van der Waals surface area contributed by atoms with E-state index in [1.165, 1.54) is 16.4 Å². The number of sulfonamides is 1. The molecule has 11 heteroatoms. The van der Waals surface area contributed by atoms with Gasteiger partial charge in [-0.25, -0.2) is 17.8 Å². The Morgan fingerprint density at radius 2 is 1.81 bits per heavy atom. The minimum absolute atomic E-state index is 0.0473. The quantitative estimate of drug-likeness (QED) is 0.651. The maximum atomic E-state index is 14.2. The van der Waals surface area contributed by atoms with Crippen molar-refractivity contribution < 1.29 is 22.3 Å². The van der Waals surface area contributed by atoms with Crippen molar-refractivity contribution >= 4 is 21.8 Å². The fraction of sp³-hybridized carbons (Fsp3) is 0.500. The molecule has 31 heavy (non-hydrogen) atoms. The van der Waals surface area contributed by atoms with Crippen molar-refractivity contribution in [1.82, 2.24) is 14.3 Å². The molecule has 0 saturated carbocycles. The highest BCUT2D eigenvalue weighted by Crippen LogP contribution is 2.25. The van der Waals surface area contributed by atoms with Gasteiger partial charge in [0.15, 0.2) is 11.6 Å². The molecule has 2 fully saturated rings. The Hall–Kier alpha value is -2.50.